The van der Waals surface area contributed by atoms with Gasteiger partial charge in [-0.1, -0.05) is 19.8 Å². The van der Waals surface area contributed by atoms with Gasteiger partial charge < -0.3 is 5.32 Å². The van der Waals surface area contributed by atoms with Crippen LogP contribution < -0.4 is 5.32 Å². The molecule has 1 aliphatic carbocycles. The van der Waals surface area contributed by atoms with E-state index in [0.29, 0.717) is 11.1 Å². The van der Waals surface area contributed by atoms with Gasteiger partial charge in [0.2, 0.25) is 0 Å². The van der Waals surface area contributed by atoms with Crippen LogP contribution in [0.4, 0.5) is 0 Å². The molecule has 1 N–H and O–H groups in total. The first-order chi connectivity index (χ1) is 8.14. The highest BCUT2D eigenvalue weighted by molar-refractivity contribution is 7.98. The van der Waals surface area contributed by atoms with Crippen LogP contribution in [0.25, 0.3) is 0 Å². The fourth-order valence-electron chi connectivity index (χ4n) is 3.39. The average molecular weight is 256 g/mol. The zero-order valence-electron chi connectivity index (χ0n) is 11.7. The molecule has 100 valence electrons. The van der Waals surface area contributed by atoms with Gasteiger partial charge in [0.05, 0.1) is 0 Å². The lowest BCUT2D eigenvalue weighted by Gasteiger charge is -2.52. The number of piperazine rings is 1. The van der Waals surface area contributed by atoms with Crippen LogP contribution in [-0.2, 0) is 0 Å². The fraction of sp³-hybridized carbons (Fsp3) is 1.00. The monoisotopic (exact) mass is 256 g/mol. The lowest BCUT2D eigenvalue weighted by Crippen LogP contribution is -2.68. The summed E-state index contributed by atoms with van der Waals surface area (Å²) in [6, 6.07) is 0. The number of thioether (sulfide) groups is 1. The molecule has 0 bridgehead atoms. The summed E-state index contributed by atoms with van der Waals surface area (Å²) in [6.07, 6.45) is 9.10. The second-order valence-electron chi connectivity index (χ2n) is 6.11. The number of hydrogen-bond acceptors (Lipinski definition) is 3. The second kappa shape index (κ2) is 5.50. The van der Waals surface area contributed by atoms with E-state index in [2.05, 4.69) is 30.3 Å². The maximum Gasteiger partial charge on any atom is 0.0309 e. The van der Waals surface area contributed by atoms with Gasteiger partial charge >= 0.3 is 0 Å². The van der Waals surface area contributed by atoms with Gasteiger partial charge in [0.25, 0.3) is 0 Å². The highest BCUT2D eigenvalue weighted by atomic mass is 32.2. The Morgan fingerprint density at radius 3 is 2.59 bits per heavy atom. The molecule has 1 atom stereocenters. The van der Waals surface area contributed by atoms with Crippen molar-refractivity contribution in [1.82, 2.24) is 10.2 Å². The zero-order chi connectivity index (χ0) is 12.4. The second-order valence-corrected chi connectivity index (χ2v) is 7.09. The van der Waals surface area contributed by atoms with Crippen molar-refractivity contribution in [2.24, 2.45) is 0 Å². The van der Waals surface area contributed by atoms with Gasteiger partial charge in [-0.3, -0.25) is 4.90 Å². The Bertz CT molecular complexity index is 251. The van der Waals surface area contributed by atoms with Crippen molar-refractivity contribution in [2.45, 2.75) is 57.0 Å². The third-order valence-electron chi connectivity index (χ3n) is 4.99. The Balaban J connectivity index is 2.04. The molecule has 1 spiro atoms. The molecule has 1 unspecified atom stereocenters. The first kappa shape index (κ1) is 13.7. The molecule has 1 heterocycles. The van der Waals surface area contributed by atoms with Crippen LogP contribution in [-0.4, -0.2) is 47.6 Å². The van der Waals surface area contributed by atoms with Crippen LogP contribution in [0.2, 0.25) is 0 Å². The van der Waals surface area contributed by atoms with E-state index in [1.807, 2.05) is 11.8 Å². The number of hydrogen-bond donors (Lipinski definition) is 1. The number of rotatable bonds is 4. The molecule has 2 fully saturated rings. The Morgan fingerprint density at radius 1 is 1.29 bits per heavy atom. The van der Waals surface area contributed by atoms with Gasteiger partial charge in [0.15, 0.2) is 0 Å². The molecule has 0 aromatic carbocycles. The summed E-state index contributed by atoms with van der Waals surface area (Å²) in [7, 11) is 0. The van der Waals surface area contributed by atoms with Crippen molar-refractivity contribution >= 4 is 11.8 Å². The van der Waals surface area contributed by atoms with E-state index in [0.717, 1.165) is 0 Å². The SMILES string of the molecule is CCC1(C)CNC2(CCCC2)CN1CCSC. The van der Waals surface area contributed by atoms with Crippen molar-refractivity contribution in [2.75, 3.05) is 31.6 Å². The minimum absolute atomic E-state index is 0.379. The van der Waals surface area contributed by atoms with E-state index in [-0.39, 0.29) is 0 Å². The molecule has 2 nitrogen and oxygen atoms in total. The number of nitrogens with one attached hydrogen (secondary N) is 1. The van der Waals surface area contributed by atoms with E-state index in [9.17, 15) is 0 Å². The minimum Gasteiger partial charge on any atom is -0.308 e. The average Bonchev–Trinajstić information content (AvgIpc) is 2.80. The van der Waals surface area contributed by atoms with E-state index in [1.165, 1.54) is 57.5 Å². The van der Waals surface area contributed by atoms with Crippen LogP contribution in [0, 0.1) is 0 Å². The normalized spacial score (nSPS) is 33.4. The van der Waals surface area contributed by atoms with Gasteiger partial charge in [0, 0.05) is 36.5 Å². The molecule has 3 heteroatoms. The summed E-state index contributed by atoms with van der Waals surface area (Å²) >= 11 is 1.98. The standard InChI is InChI=1S/C14H28N2S/c1-4-13(2)11-15-14(7-5-6-8-14)12-16(13)9-10-17-3/h15H,4-12H2,1-3H3. The first-order valence-corrected chi connectivity index (χ1v) is 8.53. The van der Waals surface area contributed by atoms with Gasteiger partial charge in [0.1, 0.15) is 0 Å². The maximum atomic E-state index is 3.89. The lowest BCUT2D eigenvalue weighted by atomic mass is 9.85. The van der Waals surface area contributed by atoms with E-state index < -0.39 is 0 Å². The summed E-state index contributed by atoms with van der Waals surface area (Å²) in [5, 5.41) is 3.89. The van der Waals surface area contributed by atoms with E-state index >= 15 is 0 Å². The Morgan fingerprint density at radius 2 is 2.00 bits per heavy atom. The molecule has 17 heavy (non-hydrogen) atoms. The summed E-state index contributed by atoms with van der Waals surface area (Å²) in [6.45, 7) is 8.48. The lowest BCUT2D eigenvalue weighted by molar-refractivity contribution is 0.0196. The smallest absolute Gasteiger partial charge is 0.0309 e. The van der Waals surface area contributed by atoms with Gasteiger partial charge in [-0.05, 0) is 32.4 Å². The predicted octanol–water partition coefficient (Wildman–Crippen LogP) is 2.74. The molecule has 0 radical (unpaired) electrons. The van der Waals surface area contributed by atoms with Crippen LogP contribution in [0.5, 0.6) is 0 Å². The molecule has 2 rings (SSSR count). The number of nitrogens with zero attached hydrogens (tertiary/aromatic N) is 1. The topological polar surface area (TPSA) is 15.3 Å². The molecule has 1 aliphatic heterocycles. The van der Waals surface area contributed by atoms with E-state index in [4.69, 9.17) is 0 Å². The summed E-state index contributed by atoms with van der Waals surface area (Å²) in [5.41, 5.74) is 0.844. The molecule has 1 saturated heterocycles. The quantitative estimate of drug-likeness (QED) is 0.832. The van der Waals surface area contributed by atoms with Crippen LogP contribution in [0.15, 0.2) is 0 Å². The zero-order valence-corrected chi connectivity index (χ0v) is 12.5. The summed E-state index contributed by atoms with van der Waals surface area (Å²) in [4.78, 5) is 2.77. The maximum absolute atomic E-state index is 3.89. The minimum atomic E-state index is 0.379. The Hall–Kier alpha value is 0.270. The fourth-order valence-corrected chi connectivity index (χ4v) is 3.79. The molecule has 0 aromatic heterocycles. The van der Waals surface area contributed by atoms with Gasteiger partial charge in [-0.2, -0.15) is 11.8 Å². The Kier molecular flexibility index (Phi) is 4.43. The third-order valence-corrected chi connectivity index (χ3v) is 5.58. The summed E-state index contributed by atoms with van der Waals surface area (Å²) < 4.78 is 0. The van der Waals surface area contributed by atoms with Crippen LogP contribution >= 0.6 is 11.8 Å². The van der Waals surface area contributed by atoms with Crippen molar-refractivity contribution < 1.29 is 0 Å². The largest absolute Gasteiger partial charge is 0.308 e. The van der Waals surface area contributed by atoms with Crippen LogP contribution in [0.3, 0.4) is 0 Å². The molecule has 0 amide bonds. The molecule has 0 aromatic rings. The Labute approximate surface area is 111 Å². The van der Waals surface area contributed by atoms with Gasteiger partial charge in [-0.15, -0.1) is 0 Å². The molecule has 2 aliphatic rings. The first-order valence-electron chi connectivity index (χ1n) is 7.13. The summed E-state index contributed by atoms with van der Waals surface area (Å²) in [5.74, 6) is 1.27. The van der Waals surface area contributed by atoms with Gasteiger partial charge in [-0.25, -0.2) is 0 Å². The predicted molar refractivity (Wildman–Crippen MR) is 77.9 cm³/mol. The molecular formula is C14H28N2S. The van der Waals surface area contributed by atoms with Crippen molar-refractivity contribution in [1.29, 1.82) is 0 Å². The van der Waals surface area contributed by atoms with Crippen molar-refractivity contribution in [3.63, 3.8) is 0 Å². The highest BCUT2D eigenvalue weighted by Crippen LogP contribution is 2.36. The third kappa shape index (κ3) is 2.82. The molecule has 1 saturated carbocycles. The van der Waals surface area contributed by atoms with Crippen LogP contribution in [0.1, 0.15) is 46.0 Å². The molecular weight excluding hydrogens is 228 g/mol. The van der Waals surface area contributed by atoms with Crippen molar-refractivity contribution in [3.8, 4) is 0 Å². The van der Waals surface area contributed by atoms with E-state index in [1.54, 1.807) is 0 Å². The highest BCUT2D eigenvalue weighted by Gasteiger charge is 2.44. The van der Waals surface area contributed by atoms with Crippen molar-refractivity contribution in [3.05, 3.63) is 0 Å².